The van der Waals surface area contributed by atoms with E-state index < -0.39 is 20.5 Å². The molecule has 152 valence electrons. The van der Waals surface area contributed by atoms with E-state index in [4.69, 9.17) is 13.3 Å². The van der Waals surface area contributed by atoms with Gasteiger partial charge in [-0.15, -0.1) is 0 Å². The minimum Gasteiger partial charge on any atom is -0.493 e. The fraction of sp³-hybridized carbons (Fsp3) is 0.273. The van der Waals surface area contributed by atoms with Crippen molar-refractivity contribution in [3.8, 4) is 11.5 Å². The van der Waals surface area contributed by atoms with Crippen LogP contribution in [0.15, 0.2) is 54.6 Å². The molecule has 0 aliphatic carbocycles. The molecule has 4 rings (SSSR count). The zero-order valence-corrected chi connectivity index (χ0v) is 17.8. The summed E-state index contributed by atoms with van der Waals surface area (Å²) in [4.78, 5) is 0. The Labute approximate surface area is 174 Å². The van der Waals surface area contributed by atoms with Crippen LogP contribution < -0.4 is 23.2 Å². The molecule has 6 nitrogen and oxygen atoms in total. The molecule has 29 heavy (non-hydrogen) atoms. The van der Waals surface area contributed by atoms with Gasteiger partial charge >= 0.3 is 14.8 Å². The molecule has 1 atom stereocenters. The van der Waals surface area contributed by atoms with Crippen molar-refractivity contribution < 1.29 is 36.5 Å². The fourth-order valence-corrected chi connectivity index (χ4v) is 4.93. The molecular formula is C22H22BrNO5. The molecule has 0 radical (unpaired) electrons. The first-order valence-corrected chi connectivity index (χ1v) is 11.2. The van der Waals surface area contributed by atoms with Crippen LogP contribution in [0.25, 0.3) is 10.8 Å². The van der Waals surface area contributed by atoms with Crippen molar-refractivity contribution in [1.82, 2.24) is 5.32 Å². The standard InChI is InChI=1S/C22H22BrNO5/c1-27-20-12-16-10-11-24-22(29-23(25)26,19(16)13-21(20)28-2)14-17-8-5-7-15-6-3-4-9-18(15)17/h3-9,12-13,24H,10-11,14H2,1-2H3/t22-/m1/s1. The number of benzene rings is 3. The third-order valence-corrected chi connectivity index (χ3v) is 6.18. The Morgan fingerprint density at radius 1 is 1.00 bits per heavy atom. The molecule has 0 spiro atoms. The van der Waals surface area contributed by atoms with Crippen molar-refractivity contribution in [2.75, 3.05) is 20.8 Å². The Hall–Kier alpha value is -2.16. The summed E-state index contributed by atoms with van der Waals surface area (Å²) in [6, 6.07) is 17.8. The molecule has 0 amide bonds. The number of fused-ring (bicyclic) bond motifs is 2. The van der Waals surface area contributed by atoms with Gasteiger partial charge in [0.2, 0.25) is 5.72 Å². The molecule has 0 saturated carbocycles. The van der Waals surface area contributed by atoms with Gasteiger partial charge in [0.25, 0.3) is 0 Å². The Bertz CT molecular complexity index is 1020. The van der Waals surface area contributed by atoms with Crippen LogP contribution >= 0.6 is 0 Å². The number of halogens is 1. The number of hydrogen-bond donors (Lipinski definition) is 1. The summed E-state index contributed by atoms with van der Waals surface area (Å²) >= 11 is -3.50. The van der Waals surface area contributed by atoms with Crippen molar-refractivity contribution >= 4 is 10.8 Å². The number of hydrogen-bond acceptors (Lipinski definition) is 6. The highest BCUT2D eigenvalue weighted by Gasteiger charge is 2.47. The third-order valence-electron chi connectivity index (χ3n) is 5.36. The van der Waals surface area contributed by atoms with E-state index in [1.54, 1.807) is 14.2 Å². The van der Waals surface area contributed by atoms with Crippen LogP contribution in [0.5, 0.6) is 11.5 Å². The molecule has 3 aromatic carbocycles. The quantitative estimate of drug-likeness (QED) is 0.600. The molecule has 7 heteroatoms. The monoisotopic (exact) mass is 459 g/mol. The van der Waals surface area contributed by atoms with Gasteiger partial charge < -0.3 is 17.9 Å². The van der Waals surface area contributed by atoms with Gasteiger partial charge in [0, 0.05) is 22.4 Å². The molecule has 1 N–H and O–H groups in total. The lowest BCUT2D eigenvalue weighted by molar-refractivity contribution is -1.63. The van der Waals surface area contributed by atoms with Crippen LogP contribution in [0.4, 0.5) is 0 Å². The summed E-state index contributed by atoms with van der Waals surface area (Å²) in [5.41, 5.74) is 1.53. The maximum absolute atomic E-state index is 11.8. The van der Waals surface area contributed by atoms with Crippen molar-refractivity contribution in [2.24, 2.45) is 0 Å². The maximum Gasteiger partial charge on any atom is 0.439 e. The highest BCUT2D eigenvalue weighted by Crippen LogP contribution is 2.41. The van der Waals surface area contributed by atoms with Crippen molar-refractivity contribution in [1.29, 1.82) is 0 Å². The number of ether oxygens (including phenoxy) is 2. The van der Waals surface area contributed by atoms with E-state index in [9.17, 15) is 8.40 Å². The highest BCUT2D eigenvalue weighted by molar-refractivity contribution is 5.85. The average Bonchev–Trinajstić information content (AvgIpc) is 2.73. The molecule has 1 aliphatic rings. The van der Waals surface area contributed by atoms with E-state index >= 15 is 0 Å². The van der Waals surface area contributed by atoms with Crippen LogP contribution in [0.3, 0.4) is 0 Å². The predicted octanol–water partition coefficient (Wildman–Crippen LogP) is 1.50. The van der Waals surface area contributed by atoms with E-state index in [-0.39, 0.29) is 0 Å². The molecule has 0 aromatic heterocycles. The summed E-state index contributed by atoms with van der Waals surface area (Å²) in [6.45, 7) is 0.586. The Morgan fingerprint density at radius 2 is 1.72 bits per heavy atom. The summed E-state index contributed by atoms with van der Waals surface area (Å²) in [6.07, 6.45) is 1.09. The zero-order chi connectivity index (χ0) is 20.4. The Kier molecular flexibility index (Phi) is 5.76. The summed E-state index contributed by atoms with van der Waals surface area (Å²) in [5, 5.41) is 5.49. The molecule has 0 unspecified atom stereocenters. The molecule has 0 bridgehead atoms. The van der Waals surface area contributed by atoms with Crippen LogP contribution in [0, 0.1) is 14.8 Å². The first-order chi connectivity index (χ1) is 14.1. The van der Waals surface area contributed by atoms with Crippen molar-refractivity contribution in [2.45, 2.75) is 18.6 Å². The second kappa shape index (κ2) is 8.30. The van der Waals surface area contributed by atoms with Gasteiger partial charge in [-0.1, -0.05) is 42.5 Å². The van der Waals surface area contributed by atoms with Crippen molar-refractivity contribution in [3.63, 3.8) is 0 Å². The van der Waals surface area contributed by atoms with E-state index in [0.29, 0.717) is 24.5 Å². The lowest BCUT2D eigenvalue weighted by Gasteiger charge is -2.35. The van der Waals surface area contributed by atoms with Gasteiger partial charge in [-0.05, 0) is 40.5 Å². The zero-order valence-electron chi connectivity index (χ0n) is 16.2. The summed E-state index contributed by atoms with van der Waals surface area (Å²) < 4.78 is 40.1. The van der Waals surface area contributed by atoms with E-state index in [2.05, 4.69) is 5.32 Å². The third kappa shape index (κ3) is 3.84. The number of nitrogens with one attached hydrogen (secondary N) is 1. The lowest BCUT2D eigenvalue weighted by atomic mass is 9.85. The van der Waals surface area contributed by atoms with Crippen LogP contribution in [-0.2, 0) is 22.4 Å². The van der Waals surface area contributed by atoms with E-state index in [1.165, 1.54) is 0 Å². The first-order valence-electron chi connectivity index (χ1n) is 9.28. The first kappa shape index (κ1) is 20.1. The van der Waals surface area contributed by atoms with Crippen LogP contribution in [0.1, 0.15) is 16.7 Å². The summed E-state index contributed by atoms with van der Waals surface area (Å²) in [7, 11) is 3.14. The van der Waals surface area contributed by atoms with Crippen molar-refractivity contribution in [3.05, 3.63) is 71.3 Å². The average molecular weight is 460 g/mol. The van der Waals surface area contributed by atoms with Crippen LogP contribution in [0.2, 0.25) is 0 Å². The molecule has 3 aromatic rings. The normalized spacial score (nSPS) is 18.7. The largest absolute Gasteiger partial charge is 0.493 e. The molecule has 0 fully saturated rings. The van der Waals surface area contributed by atoms with Gasteiger partial charge in [-0.3, -0.25) is 5.32 Å². The predicted molar refractivity (Wildman–Crippen MR) is 102 cm³/mol. The van der Waals surface area contributed by atoms with Gasteiger partial charge in [-0.25, -0.2) is 0 Å². The topological polar surface area (TPSA) is 85.8 Å². The van der Waals surface area contributed by atoms with Gasteiger partial charge in [0.05, 0.1) is 14.2 Å². The highest BCUT2D eigenvalue weighted by atomic mass is 80.0. The minimum atomic E-state index is -3.50. The fourth-order valence-electron chi connectivity index (χ4n) is 4.07. The smallest absolute Gasteiger partial charge is 0.439 e. The van der Waals surface area contributed by atoms with Gasteiger partial charge in [0.1, 0.15) is 0 Å². The van der Waals surface area contributed by atoms with Gasteiger partial charge in [-0.2, -0.15) is 0 Å². The Balaban J connectivity index is 1.87. The summed E-state index contributed by atoms with van der Waals surface area (Å²) in [5.74, 6) is 1.15. The molecule has 1 heterocycles. The molecular weight excluding hydrogens is 438 g/mol. The maximum atomic E-state index is 11.8. The molecule has 0 saturated heterocycles. The number of rotatable bonds is 6. The Morgan fingerprint density at radius 3 is 2.48 bits per heavy atom. The SMILES string of the molecule is COc1cc2c(cc1OC)[C@@](Cc1cccc3ccccc13)(O[Br+2]([O-])[O-])NCC2. The number of methoxy groups -OCH3 is 2. The van der Waals surface area contributed by atoms with E-state index in [0.717, 1.165) is 33.9 Å². The van der Waals surface area contributed by atoms with Crippen LogP contribution in [-0.4, -0.2) is 20.8 Å². The van der Waals surface area contributed by atoms with E-state index in [1.807, 2.05) is 54.6 Å². The second-order valence-electron chi connectivity index (χ2n) is 6.95. The lowest BCUT2D eigenvalue weighted by Crippen LogP contribution is -2.55. The minimum absolute atomic E-state index is 0.357. The molecule has 1 aliphatic heterocycles. The van der Waals surface area contributed by atoms with Gasteiger partial charge in [0.15, 0.2) is 11.5 Å². The second-order valence-corrected chi connectivity index (χ2v) is 8.07.